The number of esters is 1. The third-order valence-electron chi connectivity index (χ3n) is 3.88. The van der Waals surface area contributed by atoms with Gasteiger partial charge >= 0.3 is 12.1 Å². The average molecular weight is 380 g/mol. The highest BCUT2D eigenvalue weighted by Crippen LogP contribution is 2.35. The maximum atomic E-state index is 13.1. The van der Waals surface area contributed by atoms with Crippen LogP contribution in [0.25, 0.3) is 0 Å². The predicted molar refractivity (Wildman–Crippen MR) is 95.5 cm³/mol. The van der Waals surface area contributed by atoms with Gasteiger partial charge in [-0.05, 0) is 23.1 Å². The van der Waals surface area contributed by atoms with Gasteiger partial charge in [0.2, 0.25) is 0 Å². The van der Waals surface area contributed by atoms with Crippen molar-refractivity contribution in [2.75, 3.05) is 11.5 Å². The number of ketones is 1. The van der Waals surface area contributed by atoms with Crippen LogP contribution in [0.5, 0.6) is 5.75 Å². The Morgan fingerprint density at radius 3 is 2.11 bits per heavy atom. The number of hydrogen-bond acceptors (Lipinski definition) is 5. The molecule has 0 saturated heterocycles. The molecule has 0 fully saturated rings. The first-order valence-electron chi connectivity index (χ1n) is 7.95. The first-order valence-corrected chi connectivity index (χ1v) is 7.95. The fraction of sp³-hybridized carbons (Fsp3) is 0.263. The van der Waals surface area contributed by atoms with Crippen LogP contribution in [0.2, 0.25) is 0 Å². The largest absolute Gasteiger partial charge is 0.491 e. The van der Waals surface area contributed by atoms with Gasteiger partial charge in [-0.1, -0.05) is 45.0 Å². The minimum atomic E-state index is -5.22. The van der Waals surface area contributed by atoms with Crippen molar-refractivity contribution in [2.24, 2.45) is 0 Å². The SMILES string of the molecule is CC(C)(C)c1ccccc1C(=O)c1c(OC(=O)C(F)(F)F)ccc(N)c1N. The monoisotopic (exact) mass is 380 g/mol. The fourth-order valence-electron chi connectivity index (χ4n) is 2.56. The molecule has 0 atom stereocenters. The van der Waals surface area contributed by atoms with Crippen LogP contribution < -0.4 is 16.2 Å². The van der Waals surface area contributed by atoms with Crippen molar-refractivity contribution in [1.29, 1.82) is 0 Å². The van der Waals surface area contributed by atoms with E-state index in [1.165, 1.54) is 12.1 Å². The third-order valence-corrected chi connectivity index (χ3v) is 3.88. The summed E-state index contributed by atoms with van der Waals surface area (Å²) in [5.41, 5.74) is 11.4. The number of carbonyl (C=O) groups excluding carboxylic acids is 2. The van der Waals surface area contributed by atoms with E-state index in [2.05, 4.69) is 4.74 Å². The van der Waals surface area contributed by atoms with Crippen LogP contribution in [0.15, 0.2) is 36.4 Å². The van der Waals surface area contributed by atoms with Crippen LogP contribution >= 0.6 is 0 Å². The summed E-state index contributed by atoms with van der Waals surface area (Å²) >= 11 is 0. The molecule has 2 aromatic carbocycles. The molecule has 0 radical (unpaired) electrons. The van der Waals surface area contributed by atoms with Gasteiger partial charge < -0.3 is 16.2 Å². The van der Waals surface area contributed by atoms with Crippen LogP contribution in [-0.4, -0.2) is 17.9 Å². The predicted octanol–water partition coefficient (Wildman–Crippen LogP) is 3.85. The zero-order valence-corrected chi connectivity index (χ0v) is 15.0. The number of benzene rings is 2. The van der Waals surface area contributed by atoms with E-state index in [9.17, 15) is 22.8 Å². The van der Waals surface area contributed by atoms with Crippen molar-refractivity contribution in [1.82, 2.24) is 0 Å². The zero-order chi connectivity index (χ0) is 20.6. The highest BCUT2D eigenvalue weighted by molar-refractivity contribution is 6.16. The Morgan fingerprint density at radius 1 is 0.963 bits per heavy atom. The van der Waals surface area contributed by atoms with Gasteiger partial charge in [0, 0.05) is 5.56 Å². The van der Waals surface area contributed by atoms with Crippen LogP contribution in [-0.2, 0) is 10.2 Å². The van der Waals surface area contributed by atoms with Crippen LogP contribution in [0.4, 0.5) is 24.5 Å². The van der Waals surface area contributed by atoms with Gasteiger partial charge in [0.15, 0.2) is 5.78 Å². The van der Waals surface area contributed by atoms with Gasteiger partial charge in [0.25, 0.3) is 0 Å². The van der Waals surface area contributed by atoms with Gasteiger partial charge in [0.05, 0.1) is 16.9 Å². The lowest BCUT2D eigenvalue weighted by atomic mass is 9.81. The second-order valence-corrected chi connectivity index (χ2v) is 6.95. The Kier molecular flexibility index (Phi) is 5.21. The Balaban J connectivity index is 2.64. The topological polar surface area (TPSA) is 95.4 Å². The Bertz CT molecular complexity index is 900. The number of ether oxygens (including phenoxy) is 1. The standard InChI is InChI=1S/C19H19F3N2O3/c1-18(2,3)11-7-5-4-6-10(11)16(25)14-13(9-8-12(23)15(14)24)27-17(26)19(20,21)22/h4-9H,23-24H2,1-3H3. The summed E-state index contributed by atoms with van der Waals surface area (Å²) in [6, 6.07) is 8.80. The van der Waals surface area contributed by atoms with Crippen LogP contribution in [0.1, 0.15) is 42.3 Å². The Hall–Kier alpha value is -3.03. The highest BCUT2D eigenvalue weighted by Gasteiger charge is 2.42. The smallest absolute Gasteiger partial charge is 0.419 e. The lowest BCUT2D eigenvalue weighted by Crippen LogP contribution is -2.29. The molecule has 0 amide bonds. The second kappa shape index (κ2) is 6.94. The highest BCUT2D eigenvalue weighted by atomic mass is 19.4. The first-order chi connectivity index (χ1) is 12.3. The minimum Gasteiger partial charge on any atom is -0.419 e. The minimum absolute atomic E-state index is 0.0154. The maximum Gasteiger partial charge on any atom is 0.491 e. The van der Waals surface area contributed by atoms with E-state index in [4.69, 9.17) is 11.5 Å². The molecule has 0 heterocycles. The molecule has 0 aliphatic carbocycles. The quantitative estimate of drug-likeness (QED) is 0.365. The first kappa shape index (κ1) is 20.3. The third kappa shape index (κ3) is 4.21. The molecular weight excluding hydrogens is 361 g/mol. The second-order valence-electron chi connectivity index (χ2n) is 6.95. The van der Waals surface area contributed by atoms with Gasteiger partial charge in [-0.2, -0.15) is 13.2 Å². The van der Waals surface area contributed by atoms with E-state index in [-0.39, 0.29) is 22.5 Å². The van der Waals surface area contributed by atoms with Crippen molar-refractivity contribution < 1.29 is 27.5 Å². The van der Waals surface area contributed by atoms with Gasteiger partial charge in [-0.3, -0.25) is 4.79 Å². The lowest BCUT2D eigenvalue weighted by Gasteiger charge is -2.23. The number of nitrogen functional groups attached to an aromatic ring is 2. The molecule has 0 spiro atoms. The molecular formula is C19H19F3N2O3. The molecule has 0 aliphatic heterocycles. The van der Waals surface area contributed by atoms with Gasteiger partial charge in [0.1, 0.15) is 5.75 Å². The van der Waals surface area contributed by atoms with E-state index in [0.717, 1.165) is 6.07 Å². The van der Waals surface area contributed by atoms with Gasteiger partial charge in [-0.25, -0.2) is 4.79 Å². The van der Waals surface area contributed by atoms with E-state index in [0.29, 0.717) is 5.56 Å². The summed E-state index contributed by atoms with van der Waals surface area (Å²) in [6.07, 6.45) is -5.22. The van der Waals surface area contributed by atoms with Gasteiger partial charge in [-0.15, -0.1) is 0 Å². The molecule has 27 heavy (non-hydrogen) atoms. The van der Waals surface area contributed by atoms with Crippen molar-refractivity contribution >= 4 is 23.1 Å². The Morgan fingerprint density at radius 2 is 1.56 bits per heavy atom. The summed E-state index contributed by atoms with van der Waals surface area (Å²) in [5.74, 6) is -3.74. The van der Waals surface area contributed by atoms with Crippen molar-refractivity contribution in [3.63, 3.8) is 0 Å². The van der Waals surface area contributed by atoms with Crippen LogP contribution in [0, 0.1) is 0 Å². The normalized spacial score (nSPS) is 11.9. The number of halogens is 3. The summed E-state index contributed by atoms with van der Waals surface area (Å²) in [5, 5.41) is 0. The number of hydrogen-bond donors (Lipinski definition) is 2. The number of carbonyl (C=O) groups is 2. The molecule has 2 rings (SSSR count). The number of rotatable bonds is 3. The molecule has 0 saturated carbocycles. The summed E-state index contributed by atoms with van der Waals surface area (Å²) in [6.45, 7) is 5.64. The van der Waals surface area contributed by atoms with E-state index < -0.39 is 29.1 Å². The molecule has 2 aromatic rings. The van der Waals surface area contributed by atoms with E-state index >= 15 is 0 Å². The molecule has 0 aromatic heterocycles. The molecule has 4 N–H and O–H groups in total. The maximum absolute atomic E-state index is 13.1. The summed E-state index contributed by atoms with van der Waals surface area (Å²) in [4.78, 5) is 24.4. The number of alkyl halides is 3. The molecule has 0 unspecified atom stereocenters. The van der Waals surface area contributed by atoms with Crippen molar-refractivity contribution in [2.45, 2.75) is 32.4 Å². The molecule has 144 valence electrons. The van der Waals surface area contributed by atoms with E-state index in [1.807, 2.05) is 20.8 Å². The molecule has 0 bridgehead atoms. The van der Waals surface area contributed by atoms with Crippen molar-refractivity contribution in [3.05, 3.63) is 53.1 Å². The Labute approximate surface area is 154 Å². The van der Waals surface area contributed by atoms with E-state index in [1.54, 1.807) is 18.2 Å². The molecule has 8 heteroatoms. The fourth-order valence-corrected chi connectivity index (χ4v) is 2.56. The lowest BCUT2D eigenvalue weighted by molar-refractivity contribution is -0.189. The van der Waals surface area contributed by atoms with Crippen LogP contribution in [0.3, 0.4) is 0 Å². The molecule has 0 aliphatic rings. The summed E-state index contributed by atoms with van der Waals surface area (Å²) in [7, 11) is 0. The average Bonchev–Trinajstić information content (AvgIpc) is 2.56. The number of anilines is 2. The molecule has 5 nitrogen and oxygen atoms in total. The summed E-state index contributed by atoms with van der Waals surface area (Å²) < 4.78 is 42.1. The zero-order valence-electron chi connectivity index (χ0n) is 15.0. The number of nitrogens with two attached hydrogens (primary N) is 2. The van der Waals surface area contributed by atoms with Crippen molar-refractivity contribution in [3.8, 4) is 5.75 Å².